The van der Waals surface area contributed by atoms with Crippen molar-refractivity contribution in [1.82, 2.24) is 15.1 Å². The molecule has 0 aromatic heterocycles. The quantitative estimate of drug-likeness (QED) is 0.505. The molecule has 2 fully saturated rings. The Kier molecular flexibility index (Phi) is 11.0. The van der Waals surface area contributed by atoms with Gasteiger partial charge >= 0.3 is 0 Å². The molecule has 0 atom stereocenters. The largest absolute Gasteiger partial charge is 0.305 e. The summed E-state index contributed by atoms with van der Waals surface area (Å²) in [5.74, 6) is -0.175. The summed E-state index contributed by atoms with van der Waals surface area (Å²) in [7, 11) is 0. The Labute approximate surface area is 168 Å². The molecule has 0 spiro atoms. The van der Waals surface area contributed by atoms with Crippen LogP contribution in [-0.4, -0.2) is 72.3 Å². The summed E-state index contributed by atoms with van der Waals surface area (Å²) in [6.45, 7) is 6.57. The third-order valence-electron chi connectivity index (χ3n) is 5.31. The lowest BCUT2D eigenvalue weighted by molar-refractivity contribution is -0.119. The maximum absolute atomic E-state index is 12.1. The van der Waals surface area contributed by atoms with Crippen LogP contribution in [-0.2, 0) is 9.59 Å². The van der Waals surface area contributed by atoms with Gasteiger partial charge in [-0.3, -0.25) is 9.59 Å². The lowest BCUT2D eigenvalue weighted by Gasteiger charge is -2.26. The number of hydrogen-bond donors (Lipinski definition) is 1. The van der Waals surface area contributed by atoms with Crippen molar-refractivity contribution in [3.63, 3.8) is 0 Å². The van der Waals surface area contributed by atoms with Crippen molar-refractivity contribution in [2.75, 3.05) is 45.5 Å². The number of rotatable bonds is 8. The van der Waals surface area contributed by atoms with E-state index in [1.165, 1.54) is 50.3 Å². The van der Waals surface area contributed by atoms with E-state index in [0.717, 1.165) is 52.1 Å². The predicted molar refractivity (Wildman–Crippen MR) is 113 cm³/mol. The number of carbonyl (C=O) groups is 2. The molecular weight excluding hydrogens is 360 g/mol. The Morgan fingerprint density at radius 2 is 1.37 bits per heavy atom. The van der Waals surface area contributed by atoms with E-state index in [-0.39, 0.29) is 11.8 Å². The van der Waals surface area contributed by atoms with E-state index < -0.39 is 0 Å². The number of piperidine rings is 2. The first kappa shape index (κ1) is 22.4. The highest BCUT2D eigenvalue weighted by molar-refractivity contribution is 8.13. The monoisotopic (exact) mass is 396 g/mol. The maximum Gasteiger partial charge on any atom is 0.248 e. The van der Waals surface area contributed by atoms with Crippen molar-refractivity contribution >= 4 is 28.7 Å². The van der Waals surface area contributed by atoms with Gasteiger partial charge in [0, 0.05) is 12.8 Å². The average molecular weight is 397 g/mol. The van der Waals surface area contributed by atoms with E-state index in [1.807, 2.05) is 6.26 Å². The first-order chi connectivity index (χ1) is 13.2. The minimum atomic E-state index is -0.134. The molecule has 0 aromatic rings. The number of amides is 2. The van der Waals surface area contributed by atoms with Gasteiger partial charge in [-0.25, -0.2) is 0 Å². The van der Waals surface area contributed by atoms with E-state index >= 15 is 0 Å². The second-order valence-corrected chi connectivity index (χ2v) is 8.37. The van der Waals surface area contributed by atoms with Crippen molar-refractivity contribution < 1.29 is 9.59 Å². The standard InChI is InChI=1S/C20H36N4O2S/c1-27-20(21-18(25)10-8-16-23-12-4-2-5-13-23)22-19(26)11-9-17-24-14-6-3-7-15-24/h2-17H2,1H3,(H,21,22,25,26). The van der Waals surface area contributed by atoms with E-state index in [2.05, 4.69) is 20.1 Å². The Morgan fingerprint density at radius 3 is 1.89 bits per heavy atom. The summed E-state index contributed by atoms with van der Waals surface area (Å²) < 4.78 is 0. The fourth-order valence-corrected chi connectivity index (χ4v) is 4.17. The van der Waals surface area contributed by atoms with Crippen LogP contribution in [0.5, 0.6) is 0 Å². The van der Waals surface area contributed by atoms with Gasteiger partial charge in [0.05, 0.1) is 0 Å². The van der Waals surface area contributed by atoms with Crippen LogP contribution in [0.1, 0.15) is 64.2 Å². The lowest BCUT2D eigenvalue weighted by Crippen LogP contribution is -2.33. The Morgan fingerprint density at radius 1 is 0.852 bits per heavy atom. The van der Waals surface area contributed by atoms with E-state index in [4.69, 9.17) is 0 Å². The molecule has 154 valence electrons. The fourth-order valence-electron chi connectivity index (χ4n) is 3.76. The van der Waals surface area contributed by atoms with Gasteiger partial charge in [0.25, 0.3) is 0 Å². The topological polar surface area (TPSA) is 65.0 Å². The summed E-state index contributed by atoms with van der Waals surface area (Å²) in [5.41, 5.74) is 0. The highest BCUT2D eigenvalue weighted by atomic mass is 32.2. The molecule has 1 N–H and O–H groups in total. The van der Waals surface area contributed by atoms with Gasteiger partial charge in [-0.1, -0.05) is 24.6 Å². The molecule has 6 nitrogen and oxygen atoms in total. The van der Waals surface area contributed by atoms with Crippen LogP contribution < -0.4 is 5.32 Å². The number of nitrogens with one attached hydrogen (secondary N) is 1. The molecule has 0 bridgehead atoms. The maximum atomic E-state index is 12.1. The van der Waals surface area contributed by atoms with Gasteiger partial charge in [-0.15, -0.1) is 0 Å². The molecule has 2 rings (SSSR count). The molecule has 2 saturated heterocycles. The van der Waals surface area contributed by atoms with Crippen molar-refractivity contribution in [3.8, 4) is 0 Å². The molecular formula is C20H36N4O2S. The molecule has 2 heterocycles. The Bertz CT molecular complexity index is 486. The molecule has 0 aromatic carbocycles. The van der Waals surface area contributed by atoms with Gasteiger partial charge in [0.15, 0.2) is 5.17 Å². The molecule has 2 aliphatic heterocycles. The van der Waals surface area contributed by atoms with Crippen LogP contribution in [0.3, 0.4) is 0 Å². The molecule has 0 aliphatic carbocycles. The summed E-state index contributed by atoms with van der Waals surface area (Å²) in [4.78, 5) is 33.2. The molecule has 2 amide bonds. The van der Waals surface area contributed by atoms with Crippen LogP contribution in [0.25, 0.3) is 0 Å². The number of aliphatic imine (C=N–C) groups is 1. The zero-order valence-corrected chi connectivity index (χ0v) is 17.7. The highest BCUT2D eigenvalue weighted by Crippen LogP contribution is 2.11. The number of nitrogens with zero attached hydrogens (tertiary/aromatic N) is 3. The first-order valence-electron chi connectivity index (χ1n) is 10.6. The number of hydrogen-bond acceptors (Lipinski definition) is 5. The molecule has 0 unspecified atom stereocenters. The average Bonchev–Trinajstić information content (AvgIpc) is 2.69. The first-order valence-corrected chi connectivity index (χ1v) is 11.8. The Hall–Kier alpha value is -0.920. The van der Waals surface area contributed by atoms with Crippen molar-refractivity contribution in [2.24, 2.45) is 4.99 Å². The minimum Gasteiger partial charge on any atom is -0.305 e. The van der Waals surface area contributed by atoms with Crippen molar-refractivity contribution in [3.05, 3.63) is 0 Å². The minimum absolute atomic E-state index is 0.0405. The van der Waals surface area contributed by atoms with Gasteiger partial charge in [-0.2, -0.15) is 4.99 Å². The van der Waals surface area contributed by atoms with Crippen LogP contribution in [0.15, 0.2) is 4.99 Å². The second kappa shape index (κ2) is 13.3. The third kappa shape index (κ3) is 9.72. The zero-order valence-electron chi connectivity index (χ0n) is 16.9. The molecule has 0 saturated carbocycles. The summed E-state index contributed by atoms with van der Waals surface area (Å²) in [6.07, 6.45) is 12.2. The van der Waals surface area contributed by atoms with Crippen LogP contribution in [0, 0.1) is 0 Å². The van der Waals surface area contributed by atoms with E-state index in [0.29, 0.717) is 18.0 Å². The fraction of sp³-hybridized carbons (Fsp3) is 0.850. The van der Waals surface area contributed by atoms with Crippen molar-refractivity contribution in [1.29, 1.82) is 0 Å². The SMILES string of the molecule is CSC(=NC(=O)CCCN1CCCCC1)NC(=O)CCCN1CCCCC1. The van der Waals surface area contributed by atoms with E-state index in [9.17, 15) is 9.59 Å². The number of amidine groups is 1. The third-order valence-corrected chi connectivity index (χ3v) is 5.89. The number of carbonyl (C=O) groups excluding carboxylic acids is 2. The van der Waals surface area contributed by atoms with E-state index in [1.54, 1.807) is 0 Å². The van der Waals surface area contributed by atoms with Crippen LogP contribution in [0.2, 0.25) is 0 Å². The molecule has 0 radical (unpaired) electrons. The molecule has 7 heteroatoms. The number of likely N-dealkylation sites (tertiary alicyclic amines) is 2. The summed E-state index contributed by atoms with van der Waals surface area (Å²) in [6, 6.07) is 0. The van der Waals surface area contributed by atoms with Gasteiger partial charge in [0.2, 0.25) is 11.8 Å². The Balaban J connectivity index is 1.61. The lowest BCUT2D eigenvalue weighted by atomic mass is 10.1. The van der Waals surface area contributed by atoms with Gasteiger partial charge in [0.1, 0.15) is 0 Å². The zero-order chi connectivity index (χ0) is 19.3. The second-order valence-electron chi connectivity index (χ2n) is 7.57. The molecule has 27 heavy (non-hydrogen) atoms. The predicted octanol–water partition coefficient (Wildman–Crippen LogP) is 2.88. The van der Waals surface area contributed by atoms with Crippen LogP contribution in [0.4, 0.5) is 0 Å². The van der Waals surface area contributed by atoms with Crippen molar-refractivity contribution in [2.45, 2.75) is 64.2 Å². The van der Waals surface area contributed by atoms with Gasteiger partial charge in [-0.05, 0) is 84.0 Å². The highest BCUT2D eigenvalue weighted by Gasteiger charge is 2.13. The normalized spacial score (nSPS) is 19.8. The van der Waals surface area contributed by atoms with Gasteiger partial charge < -0.3 is 15.1 Å². The van der Waals surface area contributed by atoms with Crippen LogP contribution >= 0.6 is 11.8 Å². The smallest absolute Gasteiger partial charge is 0.248 e. The summed E-state index contributed by atoms with van der Waals surface area (Å²) in [5, 5.41) is 3.23. The number of thioether (sulfide) groups is 1. The molecule has 2 aliphatic rings. The summed E-state index contributed by atoms with van der Waals surface area (Å²) >= 11 is 1.33.